The predicted octanol–water partition coefficient (Wildman–Crippen LogP) is 3.99. The van der Waals surface area contributed by atoms with E-state index in [-0.39, 0.29) is 10.8 Å². The Labute approximate surface area is 171 Å². The third-order valence-corrected chi connectivity index (χ3v) is 6.57. The first-order valence-corrected chi connectivity index (χ1v) is 11.0. The van der Waals surface area contributed by atoms with Crippen molar-refractivity contribution in [2.75, 3.05) is 11.3 Å². The summed E-state index contributed by atoms with van der Waals surface area (Å²) >= 11 is 0. The van der Waals surface area contributed by atoms with Crippen molar-refractivity contribution in [1.29, 1.82) is 0 Å². The first kappa shape index (κ1) is 19.2. The average molecular weight is 407 g/mol. The van der Waals surface area contributed by atoms with Crippen molar-refractivity contribution in [2.45, 2.75) is 24.8 Å². The highest BCUT2D eigenvalue weighted by Gasteiger charge is 2.22. The maximum absolute atomic E-state index is 13.0. The van der Waals surface area contributed by atoms with Gasteiger partial charge < -0.3 is 4.90 Å². The molecule has 0 fully saturated rings. The number of carbonyl (C=O) groups is 1. The van der Waals surface area contributed by atoms with Gasteiger partial charge in [-0.1, -0.05) is 42.5 Å². The molecule has 1 amide bonds. The van der Waals surface area contributed by atoms with Gasteiger partial charge in [0.2, 0.25) is 0 Å². The molecule has 148 valence electrons. The molecule has 5 nitrogen and oxygen atoms in total. The minimum Gasteiger partial charge on any atom is -0.334 e. The lowest BCUT2D eigenvalue weighted by Gasteiger charge is -2.29. The molecule has 0 unspecified atom stereocenters. The maximum atomic E-state index is 13.0. The van der Waals surface area contributed by atoms with Crippen LogP contribution in [0.1, 0.15) is 27.0 Å². The Kier molecular flexibility index (Phi) is 5.11. The minimum absolute atomic E-state index is 0.0416. The van der Waals surface area contributed by atoms with E-state index < -0.39 is 10.0 Å². The highest BCUT2D eigenvalue weighted by Crippen LogP contribution is 2.24. The van der Waals surface area contributed by atoms with Gasteiger partial charge in [-0.05, 0) is 60.4 Å². The summed E-state index contributed by atoms with van der Waals surface area (Å²) in [5, 5.41) is 0. The Morgan fingerprint density at radius 3 is 2.34 bits per heavy atom. The lowest BCUT2D eigenvalue weighted by molar-refractivity contribution is 0.0734. The van der Waals surface area contributed by atoms with Gasteiger partial charge in [0.15, 0.2) is 0 Å². The van der Waals surface area contributed by atoms with Crippen molar-refractivity contribution in [3.8, 4) is 0 Å². The van der Waals surface area contributed by atoms with Crippen LogP contribution in [0.3, 0.4) is 0 Å². The van der Waals surface area contributed by atoms with E-state index in [9.17, 15) is 13.2 Å². The summed E-state index contributed by atoms with van der Waals surface area (Å²) in [5.74, 6) is -0.0416. The van der Waals surface area contributed by atoms with E-state index in [1.807, 2.05) is 17.0 Å². The Bertz CT molecular complexity index is 1160. The van der Waals surface area contributed by atoms with Gasteiger partial charge in [0, 0.05) is 18.7 Å². The molecule has 0 saturated carbocycles. The van der Waals surface area contributed by atoms with Crippen LogP contribution in [0.4, 0.5) is 5.69 Å². The summed E-state index contributed by atoms with van der Waals surface area (Å²) in [6, 6.07) is 21.5. The van der Waals surface area contributed by atoms with Crippen LogP contribution in [0, 0.1) is 6.92 Å². The zero-order valence-electron chi connectivity index (χ0n) is 16.1. The molecule has 3 aromatic carbocycles. The third-order valence-electron chi connectivity index (χ3n) is 5.19. The molecule has 1 aliphatic heterocycles. The lowest BCUT2D eigenvalue weighted by Crippen LogP contribution is -2.36. The molecule has 0 aliphatic carbocycles. The molecule has 6 heteroatoms. The van der Waals surface area contributed by atoms with Crippen molar-refractivity contribution in [3.05, 3.63) is 95.1 Å². The molecule has 4 rings (SSSR count). The molecule has 3 aromatic rings. The molecule has 0 saturated heterocycles. The van der Waals surface area contributed by atoms with E-state index >= 15 is 0 Å². The fraction of sp³-hybridized carbons (Fsp3) is 0.174. The standard InChI is InChI=1S/C23H22N2O3S/c1-17-15-19(23(26)25-14-13-18-7-5-6-8-20(18)16-25)11-12-22(17)24-29(27,28)21-9-3-2-4-10-21/h2-12,15,24H,13-14,16H2,1H3. The molecule has 1 heterocycles. The first-order chi connectivity index (χ1) is 13.9. The Hall–Kier alpha value is -3.12. The molecule has 0 spiro atoms. The number of aryl methyl sites for hydroxylation is 1. The van der Waals surface area contributed by atoms with Crippen LogP contribution in [0.5, 0.6) is 0 Å². The molecular weight excluding hydrogens is 384 g/mol. The fourth-order valence-electron chi connectivity index (χ4n) is 3.57. The summed E-state index contributed by atoms with van der Waals surface area (Å²) < 4.78 is 27.7. The molecule has 1 aliphatic rings. The Morgan fingerprint density at radius 2 is 1.62 bits per heavy atom. The number of hydrogen-bond acceptors (Lipinski definition) is 3. The third kappa shape index (κ3) is 4.03. The summed E-state index contributed by atoms with van der Waals surface area (Å²) in [6.45, 7) is 3.07. The van der Waals surface area contributed by atoms with Gasteiger partial charge in [0.25, 0.3) is 15.9 Å². The van der Waals surface area contributed by atoms with E-state index in [2.05, 4.69) is 16.9 Å². The topological polar surface area (TPSA) is 66.5 Å². The number of rotatable bonds is 4. The van der Waals surface area contributed by atoms with Crippen LogP contribution in [0.2, 0.25) is 0 Å². The monoisotopic (exact) mass is 406 g/mol. The number of fused-ring (bicyclic) bond motifs is 1. The van der Waals surface area contributed by atoms with Gasteiger partial charge in [-0.25, -0.2) is 8.42 Å². The van der Waals surface area contributed by atoms with E-state index in [4.69, 9.17) is 0 Å². The minimum atomic E-state index is -3.67. The largest absolute Gasteiger partial charge is 0.334 e. The van der Waals surface area contributed by atoms with Gasteiger partial charge in [0.1, 0.15) is 0 Å². The van der Waals surface area contributed by atoms with Crippen molar-refractivity contribution >= 4 is 21.6 Å². The number of sulfonamides is 1. The van der Waals surface area contributed by atoms with Crippen molar-refractivity contribution in [1.82, 2.24) is 4.90 Å². The average Bonchev–Trinajstić information content (AvgIpc) is 2.75. The predicted molar refractivity (Wildman–Crippen MR) is 113 cm³/mol. The molecule has 1 N–H and O–H groups in total. The highest BCUT2D eigenvalue weighted by atomic mass is 32.2. The van der Waals surface area contributed by atoms with Crippen molar-refractivity contribution in [2.24, 2.45) is 0 Å². The van der Waals surface area contributed by atoms with Crippen LogP contribution >= 0.6 is 0 Å². The van der Waals surface area contributed by atoms with Crippen LogP contribution in [0.25, 0.3) is 0 Å². The summed E-state index contributed by atoms with van der Waals surface area (Å²) in [4.78, 5) is 15.0. The van der Waals surface area contributed by atoms with Crippen LogP contribution in [-0.4, -0.2) is 25.8 Å². The van der Waals surface area contributed by atoms with Gasteiger partial charge in [-0.3, -0.25) is 9.52 Å². The number of amides is 1. The summed E-state index contributed by atoms with van der Waals surface area (Å²) in [6.07, 6.45) is 0.843. The smallest absolute Gasteiger partial charge is 0.261 e. The van der Waals surface area contributed by atoms with Crippen molar-refractivity contribution < 1.29 is 13.2 Å². The van der Waals surface area contributed by atoms with Gasteiger partial charge in [-0.15, -0.1) is 0 Å². The number of hydrogen-bond donors (Lipinski definition) is 1. The second kappa shape index (κ2) is 7.72. The quantitative estimate of drug-likeness (QED) is 0.712. The number of nitrogens with zero attached hydrogens (tertiary/aromatic N) is 1. The second-order valence-corrected chi connectivity index (χ2v) is 8.88. The molecule has 29 heavy (non-hydrogen) atoms. The molecular formula is C23H22N2O3S. The van der Waals surface area contributed by atoms with Gasteiger partial charge in [0.05, 0.1) is 10.6 Å². The second-order valence-electron chi connectivity index (χ2n) is 7.19. The summed E-state index contributed by atoms with van der Waals surface area (Å²) in [5.41, 5.74) is 4.20. The van der Waals surface area contributed by atoms with Crippen molar-refractivity contribution in [3.63, 3.8) is 0 Å². The van der Waals surface area contributed by atoms with E-state index in [1.165, 1.54) is 11.1 Å². The summed E-state index contributed by atoms with van der Waals surface area (Å²) in [7, 11) is -3.67. The van der Waals surface area contributed by atoms with E-state index in [0.29, 0.717) is 29.9 Å². The lowest BCUT2D eigenvalue weighted by atomic mass is 9.99. The molecule has 0 atom stereocenters. The maximum Gasteiger partial charge on any atom is 0.261 e. The van der Waals surface area contributed by atoms with Crippen LogP contribution in [0.15, 0.2) is 77.7 Å². The normalized spacial score (nSPS) is 13.6. The van der Waals surface area contributed by atoms with E-state index in [1.54, 1.807) is 55.5 Å². The number of anilines is 1. The van der Waals surface area contributed by atoms with Crippen LogP contribution < -0.4 is 4.72 Å². The zero-order chi connectivity index (χ0) is 20.4. The number of nitrogens with one attached hydrogen (secondary N) is 1. The fourth-order valence-corrected chi connectivity index (χ4v) is 4.72. The zero-order valence-corrected chi connectivity index (χ0v) is 16.9. The van der Waals surface area contributed by atoms with Gasteiger partial charge in [-0.2, -0.15) is 0 Å². The van der Waals surface area contributed by atoms with Gasteiger partial charge >= 0.3 is 0 Å². The number of carbonyl (C=O) groups excluding carboxylic acids is 1. The molecule has 0 radical (unpaired) electrons. The SMILES string of the molecule is Cc1cc(C(=O)N2CCc3ccccc3C2)ccc1NS(=O)(=O)c1ccccc1. The first-order valence-electron chi connectivity index (χ1n) is 9.48. The van der Waals surface area contributed by atoms with E-state index in [0.717, 1.165) is 6.42 Å². The Morgan fingerprint density at radius 1 is 0.931 bits per heavy atom. The molecule has 0 aromatic heterocycles. The van der Waals surface area contributed by atoms with Crippen LogP contribution in [-0.2, 0) is 23.0 Å². The highest BCUT2D eigenvalue weighted by molar-refractivity contribution is 7.92. The Balaban J connectivity index is 1.52. The number of benzene rings is 3. The molecule has 0 bridgehead atoms.